The number of aromatic nitrogens is 1. The van der Waals surface area contributed by atoms with Gasteiger partial charge in [0.25, 0.3) is 0 Å². The fourth-order valence-corrected chi connectivity index (χ4v) is 4.35. The van der Waals surface area contributed by atoms with Crippen LogP contribution in [-0.4, -0.2) is 38.4 Å². The van der Waals surface area contributed by atoms with Gasteiger partial charge in [-0.05, 0) is 38.3 Å². The summed E-state index contributed by atoms with van der Waals surface area (Å²) < 4.78 is 30.1. The third-order valence-corrected chi connectivity index (χ3v) is 6.52. The summed E-state index contributed by atoms with van der Waals surface area (Å²) in [5.41, 5.74) is 0.976. The van der Waals surface area contributed by atoms with Crippen LogP contribution in [0.5, 0.6) is 0 Å². The smallest absolute Gasteiger partial charge is 0.191 e. The number of rotatable bonds is 11. The second kappa shape index (κ2) is 13.6. The van der Waals surface area contributed by atoms with Crippen molar-refractivity contribution >= 4 is 39.8 Å². The van der Waals surface area contributed by atoms with Gasteiger partial charge in [-0.2, -0.15) is 0 Å². The van der Waals surface area contributed by atoms with Gasteiger partial charge in [0, 0.05) is 25.1 Å². The van der Waals surface area contributed by atoms with Gasteiger partial charge < -0.3 is 15.2 Å². The Labute approximate surface area is 197 Å². The van der Waals surface area contributed by atoms with Gasteiger partial charge in [-0.25, -0.2) is 13.4 Å². The first-order valence-corrected chi connectivity index (χ1v) is 11.9. The highest BCUT2D eigenvalue weighted by Crippen LogP contribution is 2.22. The van der Waals surface area contributed by atoms with Crippen molar-refractivity contribution in [1.82, 2.24) is 15.8 Å². The molecule has 0 bridgehead atoms. The standard InChI is InChI=1S/C21H32N4O3S.HI/c1-4-17(5-2)20-15-18(28-25-20)16-24-21(22-6-3)23-13-10-14-29(26,27)19-11-8-7-9-12-19;/h7-9,11-12,15,17H,4-6,10,13-14,16H2,1-3H3,(H2,22,23,24);1H. The Morgan fingerprint density at radius 1 is 1.13 bits per heavy atom. The number of halogens is 1. The van der Waals surface area contributed by atoms with Crippen LogP contribution < -0.4 is 10.6 Å². The zero-order valence-corrected chi connectivity index (χ0v) is 21.1. The third kappa shape index (κ3) is 8.25. The van der Waals surface area contributed by atoms with Crippen LogP contribution in [-0.2, 0) is 16.4 Å². The number of benzene rings is 1. The quantitative estimate of drug-likeness (QED) is 0.190. The molecule has 2 aromatic rings. The Bertz CT molecular complexity index is 865. The maximum atomic E-state index is 12.3. The van der Waals surface area contributed by atoms with Crippen LogP contribution in [0.4, 0.5) is 0 Å². The summed E-state index contributed by atoms with van der Waals surface area (Å²) in [4.78, 5) is 4.87. The minimum absolute atomic E-state index is 0. The maximum absolute atomic E-state index is 12.3. The van der Waals surface area contributed by atoms with Crippen LogP contribution in [0.3, 0.4) is 0 Å². The number of nitrogens with zero attached hydrogens (tertiary/aromatic N) is 2. The van der Waals surface area contributed by atoms with Gasteiger partial charge in [0.2, 0.25) is 0 Å². The number of guanidine groups is 1. The number of sulfone groups is 1. The van der Waals surface area contributed by atoms with Crippen LogP contribution in [0.25, 0.3) is 0 Å². The predicted octanol–water partition coefficient (Wildman–Crippen LogP) is 4.12. The highest BCUT2D eigenvalue weighted by Gasteiger charge is 2.14. The summed E-state index contributed by atoms with van der Waals surface area (Å²) in [6.07, 6.45) is 2.55. The van der Waals surface area contributed by atoms with Gasteiger partial charge in [0.05, 0.1) is 16.3 Å². The lowest BCUT2D eigenvalue weighted by atomic mass is 9.99. The fourth-order valence-electron chi connectivity index (χ4n) is 3.02. The third-order valence-electron chi connectivity index (χ3n) is 4.70. The molecule has 0 saturated heterocycles. The van der Waals surface area contributed by atoms with Crippen molar-refractivity contribution < 1.29 is 12.9 Å². The molecule has 9 heteroatoms. The van der Waals surface area contributed by atoms with Crippen LogP contribution in [0.15, 0.2) is 50.8 Å². The molecule has 0 aliphatic rings. The molecule has 2 N–H and O–H groups in total. The van der Waals surface area contributed by atoms with E-state index in [4.69, 9.17) is 4.52 Å². The van der Waals surface area contributed by atoms with Crippen LogP contribution >= 0.6 is 24.0 Å². The van der Waals surface area contributed by atoms with Crippen molar-refractivity contribution in [1.29, 1.82) is 0 Å². The molecule has 0 amide bonds. The monoisotopic (exact) mass is 548 g/mol. The molecule has 0 atom stereocenters. The molecule has 0 aliphatic heterocycles. The highest BCUT2D eigenvalue weighted by molar-refractivity contribution is 14.0. The molecule has 0 radical (unpaired) electrons. The highest BCUT2D eigenvalue weighted by atomic mass is 127. The summed E-state index contributed by atoms with van der Waals surface area (Å²) in [6.45, 7) is 7.87. The largest absolute Gasteiger partial charge is 0.359 e. The molecule has 0 aliphatic carbocycles. The molecule has 2 rings (SSSR count). The van der Waals surface area contributed by atoms with Crippen molar-refractivity contribution in [3.8, 4) is 0 Å². The first-order valence-electron chi connectivity index (χ1n) is 10.3. The molecule has 1 aromatic carbocycles. The van der Waals surface area contributed by atoms with Crippen molar-refractivity contribution in [3.63, 3.8) is 0 Å². The number of aliphatic imine (C=N–C) groups is 1. The molecule has 0 spiro atoms. The molecule has 1 aromatic heterocycles. The fraction of sp³-hybridized carbons (Fsp3) is 0.524. The van der Waals surface area contributed by atoms with Crippen LogP contribution in [0.2, 0.25) is 0 Å². The summed E-state index contributed by atoms with van der Waals surface area (Å²) in [5, 5.41) is 10.5. The van der Waals surface area contributed by atoms with E-state index >= 15 is 0 Å². The average Bonchev–Trinajstić information content (AvgIpc) is 3.19. The molecule has 7 nitrogen and oxygen atoms in total. The lowest BCUT2D eigenvalue weighted by molar-refractivity contribution is 0.372. The average molecular weight is 548 g/mol. The molecule has 0 saturated carbocycles. The molecule has 168 valence electrons. The number of nitrogens with one attached hydrogen (secondary N) is 2. The van der Waals surface area contributed by atoms with E-state index < -0.39 is 9.84 Å². The first kappa shape index (κ1) is 26.4. The molecular weight excluding hydrogens is 515 g/mol. The van der Waals surface area contributed by atoms with E-state index in [0.29, 0.717) is 42.8 Å². The second-order valence-electron chi connectivity index (χ2n) is 6.84. The van der Waals surface area contributed by atoms with Gasteiger partial charge in [0.15, 0.2) is 21.6 Å². The molecule has 0 unspecified atom stereocenters. The van der Waals surface area contributed by atoms with Crippen LogP contribution in [0, 0.1) is 0 Å². The van der Waals surface area contributed by atoms with Gasteiger partial charge in [0.1, 0.15) is 6.54 Å². The topological polar surface area (TPSA) is 96.6 Å². The Kier molecular flexibility index (Phi) is 12.0. The Hall–Kier alpha value is -1.62. The number of hydrogen-bond donors (Lipinski definition) is 2. The van der Waals surface area contributed by atoms with E-state index in [2.05, 4.69) is 34.6 Å². The van der Waals surface area contributed by atoms with Gasteiger partial charge in [-0.3, -0.25) is 0 Å². The molecule has 30 heavy (non-hydrogen) atoms. The zero-order chi connectivity index (χ0) is 21.1. The lowest BCUT2D eigenvalue weighted by Crippen LogP contribution is -2.38. The van der Waals surface area contributed by atoms with Crippen molar-refractivity contribution in [2.75, 3.05) is 18.8 Å². The Morgan fingerprint density at radius 2 is 1.83 bits per heavy atom. The maximum Gasteiger partial charge on any atom is 0.191 e. The minimum Gasteiger partial charge on any atom is -0.359 e. The lowest BCUT2D eigenvalue weighted by Gasteiger charge is -2.11. The van der Waals surface area contributed by atoms with Gasteiger partial charge in [-0.15, -0.1) is 24.0 Å². The van der Waals surface area contributed by atoms with Gasteiger partial charge >= 0.3 is 0 Å². The number of hydrogen-bond acceptors (Lipinski definition) is 5. The van der Waals surface area contributed by atoms with E-state index in [1.165, 1.54) is 0 Å². The van der Waals surface area contributed by atoms with E-state index in [0.717, 1.165) is 24.3 Å². The first-order chi connectivity index (χ1) is 14.0. The Morgan fingerprint density at radius 3 is 2.47 bits per heavy atom. The summed E-state index contributed by atoms with van der Waals surface area (Å²) in [5.74, 6) is 1.85. The zero-order valence-electron chi connectivity index (χ0n) is 17.9. The van der Waals surface area contributed by atoms with E-state index in [1.54, 1.807) is 24.3 Å². The summed E-state index contributed by atoms with van der Waals surface area (Å²) >= 11 is 0. The van der Waals surface area contributed by atoms with Crippen molar-refractivity contribution in [2.24, 2.45) is 4.99 Å². The minimum atomic E-state index is -3.26. The normalized spacial score (nSPS) is 11.9. The molecular formula is C21H33IN4O3S. The summed E-state index contributed by atoms with van der Waals surface area (Å²) in [6, 6.07) is 10.5. The molecule has 0 fully saturated rings. The van der Waals surface area contributed by atoms with Crippen molar-refractivity contribution in [2.45, 2.75) is 57.4 Å². The molecule has 1 heterocycles. The van der Waals surface area contributed by atoms with E-state index in [1.807, 2.05) is 19.1 Å². The SMILES string of the molecule is CCNC(=NCc1cc(C(CC)CC)no1)NCCCS(=O)(=O)c1ccccc1.I. The second-order valence-corrected chi connectivity index (χ2v) is 8.95. The van der Waals surface area contributed by atoms with E-state index in [-0.39, 0.29) is 29.7 Å². The van der Waals surface area contributed by atoms with Crippen LogP contribution in [0.1, 0.15) is 57.4 Å². The van der Waals surface area contributed by atoms with Gasteiger partial charge in [-0.1, -0.05) is 37.2 Å². The summed E-state index contributed by atoms with van der Waals surface area (Å²) in [7, 11) is -3.26. The van der Waals surface area contributed by atoms with E-state index in [9.17, 15) is 8.42 Å². The van der Waals surface area contributed by atoms with Crippen molar-refractivity contribution in [3.05, 3.63) is 47.9 Å². The Balaban J connectivity index is 0.00000450. The predicted molar refractivity (Wildman–Crippen MR) is 131 cm³/mol.